The van der Waals surface area contributed by atoms with E-state index >= 15 is 0 Å². The van der Waals surface area contributed by atoms with E-state index in [1.165, 1.54) is 0 Å². The van der Waals surface area contributed by atoms with Crippen LogP contribution in [0.25, 0.3) is 6.08 Å². The van der Waals surface area contributed by atoms with Crippen molar-refractivity contribution in [2.24, 2.45) is 10.7 Å². The Kier molecular flexibility index (Phi) is 2.75. The number of aliphatic imine (C=N–C) groups is 1. The van der Waals surface area contributed by atoms with Crippen LogP contribution in [-0.4, -0.2) is 11.1 Å². The zero-order valence-electron chi connectivity index (χ0n) is 8.18. The van der Waals surface area contributed by atoms with Crippen LogP contribution in [0.3, 0.4) is 0 Å². The predicted octanol–water partition coefficient (Wildman–Crippen LogP) is 2.12. The molecule has 0 unspecified atom stereocenters. The highest BCUT2D eigenvalue weighted by molar-refractivity contribution is 8.18. The van der Waals surface area contributed by atoms with E-state index in [1.807, 2.05) is 6.07 Å². The number of hydrogen-bond acceptors (Lipinski definition) is 4. The third-order valence-electron chi connectivity index (χ3n) is 2.00. The molecule has 1 aliphatic rings. The maximum atomic E-state index is 11.0. The van der Waals surface area contributed by atoms with E-state index in [9.17, 15) is 4.79 Å². The van der Waals surface area contributed by atoms with Gasteiger partial charge in [-0.1, -0.05) is 12.1 Å². The summed E-state index contributed by atoms with van der Waals surface area (Å²) in [5.41, 5.74) is 7.04. The summed E-state index contributed by atoms with van der Waals surface area (Å²) in [5.74, 6) is 0.249. The number of thioether (sulfide) groups is 1. The minimum Gasteiger partial charge on any atom is -0.383 e. The van der Waals surface area contributed by atoms with Crippen molar-refractivity contribution in [1.29, 1.82) is 5.26 Å². The van der Waals surface area contributed by atoms with Gasteiger partial charge >= 0.3 is 5.24 Å². The van der Waals surface area contributed by atoms with Crippen molar-refractivity contribution in [3.8, 4) is 6.07 Å². The average Bonchev–Trinajstić information content (AvgIpc) is 2.59. The molecule has 4 nitrogen and oxygen atoms in total. The standard InChI is InChI=1S/C11H7N3OS/c12-6-8-3-1-7(2-4-8)5-9-10(13)14-11(15)16-9/h1-5H,(H2,13,14,15)/b9-5-. The van der Waals surface area contributed by atoms with Crippen LogP contribution in [0.2, 0.25) is 0 Å². The number of nitrogens with two attached hydrogens (primary N) is 1. The third-order valence-corrected chi connectivity index (χ3v) is 2.81. The summed E-state index contributed by atoms with van der Waals surface area (Å²) >= 11 is 1.01. The molecule has 0 saturated carbocycles. The summed E-state index contributed by atoms with van der Waals surface area (Å²) in [5, 5.41) is 8.34. The summed E-state index contributed by atoms with van der Waals surface area (Å²) < 4.78 is 0. The number of amides is 1. The first-order valence-corrected chi connectivity index (χ1v) is 5.29. The number of rotatable bonds is 1. The first-order valence-electron chi connectivity index (χ1n) is 4.47. The minimum atomic E-state index is -0.294. The number of benzene rings is 1. The molecule has 2 rings (SSSR count). The van der Waals surface area contributed by atoms with Gasteiger partial charge < -0.3 is 5.73 Å². The lowest BCUT2D eigenvalue weighted by Gasteiger charge is -1.96. The Morgan fingerprint density at radius 1 is 1.38 bits per heavy atom. The van der Waals surface area contributed by atoms with Gasteiger partial charge in [0.05, 0.1) is 16.5 Å². The molecule has 1 aliphatic heterocycles. The van der Waals surface area contributed by atoms with Crippen LogP contribution in [0.4, 0.5) is 4.79 Å². The van der Waals surface area contributed by atoms with Crippen molar-refractivity contribution in [3.63, 3.8) is 0 Å². The van der Waals surface area contributed by atoms with Gasteiger partial charge in [-0.3, -0.25) is 4.79 Å². The van der Waals surface area contributed by atoms with Crippen LogP contribution < -0.4 is 5.73 Å². The summed E-state index contributed by atoms with van der Waals surface area (Å²) in [6.07, 6.45) is 1.77. The summed E-state index contributed by atoms with van der Waals surface area (Å²) in [7, 11) is 0. The highest BCUT2D eigenvalue weighted by Crippen LogP contribution is 2.27. The van der Waals surface area contributed by atoms with Gasteiger partial charge in [0.15, 0.2) is 0 Å². The summed E-state index contributed by atoms with van der Waals surface area (Å²) in [6.45, 7) is 0. The molecular formula is C11H7N3OS. The number of carbonyl (C=O) groups is 1. The molecule has 1 heterocycles. The topological polar surface area (TPSA) is 79.2 Å². The fourth-order valence-corrected chi connectivity index (χ4v) is 1.91. The van der Waals surface area contributed by atoms with Crippen LogP contribution in [0.15, 0.2) is 34.2 Å². The molecule has 0 aromatic heterocycles. The molecule has 16 heavy (non-hydrogen) atoms. The monoisotopic (exact) mass is 229 g/mol. The Morgan fingerprint density at radius 3 is 2.56 bits per heavy atom. The van der Waals surface area contributed by atoms with Crippen molar-refractivity contribution in [2.45, 2.75) is 0 Å². The molecule has 0 saturated heterocycles. The van der Waals surface area contributed by atoms with E-state index < -0.39 is 0 Å². The van der Waals surface area contributed by atoms with Crippen LogP contribution in [0.5, 0.6) is 0 Å². The molecule has 0 bridgehead atoms. The highest BCUT2D eigenvalue weighted by Gasteiger charge is 2.18. The quantitative estimate of drug-likeness (QED) is 0.799. The molecule has 1 aromatic rings. The van der Waals surface area contributed by atoms with E-state index in [1.54, 1.807) is 30.3 Å². The van der Waals surface area contributed by atoms with E-state index in [0.717, 1.165) is 17.3 Å². The Labute approximate surface area is 96.5 Å². The van der Waals surface area contributed by atoms with Crippen LogP contribution >= 0.6 is 11.8 Å². The van der Waals surface area contributed by atoms with Crippen molar-refractivity contribution < 1.29 is 4.79 Å². The van der Waals surface area contributed by atoms with Crippen molar-refractivity contribution in [3.05, 3.63) is 40.3 Å². The zero-order chi connectivity index (χ0) is 11.5. The smallest absolute Gasteiger partial charge is 0.311 e. The average molecular weight is 229 g/mol. The van der Waals surface area contributed by atoms with E-state index in [4.69, 9.17) is 11.0 Å². The van der Waals surface area contributed by atoms with Gasteiger partial charge in [-0.15, -0.1) is 0 Å². The molecule has 0 fully saturated rings. The van der Waals surface area contributed by atoms with Gasteiger partial charge in [0.25, 0.3) is 0 Å². The lowest BCUT2D eigenvalue weighted by molar-refractivity contribution is 0.268. The Hall–Kier alpha value is -2.06. The number of nitrogens with zero attached hydrogens (tertiary/aromatic N) is 2. The lowest BCUT2D eigenvalue weighted by Crippen LogP contribution is -2.08. The van der Waals surface area contributed by atoms with Crippen LogP contribution in [0, 0.1) is 11.3 Å². The molecule has 2 N–H and O–H groups in total. The van der Waals surface area contributed by atoms with Gasteiger partial charge in [0.2, 0.25) is 0 Å². The van der Waals surface area contributed by atoms with Gasteiger partial charge in [0.1, 0.15) is 5.84 Å². The number of amidine groups is 1. The van der Waals surface area contributed by atoms with Gasteiger partial charge in [0, 0.05) is 0 Å². The number of nitriles is 1. The first-order chi connectivity index (χ1) is 7.69. The van der Waals surface area contributed by atoms with Gasteiger partial charge in [-0.05, 0) is 35.5 Å². The van der Waals surface area contributed by atoms with Crippen LogP contribution in [0.1, 0.15) is 11.1 Å². The normalized spacial score (nSPS) is 17.3. The molecule has 1 aromatic carbocycles. The Morgan fingerprint density at radius 2 is 2.06 bits per heavy atom. The number of carbonyl (C=O) groups excluding carboxylic acids is 1. The predicted molar refractivity (Wildman–Crippen MR) is 63.7 cm³/mol. The van der Waals surface area contributed by atoms with Crippen molar-refractivity contribution in [2.75, 3.05) is 0 Å². The van der Waals surface area contributed by atoms with E-state index in [2.05, 4.69) is 4.99 Å². The van der Waals surface area contributed by atoms with Crippen molar-refractivity contribution >= 4 is 28.9 Å². The molecule has 0 aliphatic carbocycles. The largest absolute Gasteiger partial charge is 0.383 e. The second-order valence-electron chi connectivity index (χ2n) is 3.11. The van der Waals surface area contributed by atoms with Crippen LogP contribution in [-0.2, 0) is 0 Å². The van der Waals surface area contributed by atoms with E-state index in [-0.39, 0.29) is 11.1 Å². The Balaban J connectivity index is 2.27. The Bertz CT molecular complexity index is 537. The maximum Gasteiger partial charge on any atom is 0.311 e. The van der Waals surface area contributed by atoms with Crippen molar-refractivity contribution in [1.82, 2.24) is 0 Å². The summed E-state index contributed by atoms with van der Waals surface area (Å²) in [6, 6.07) is 9.04. The fourth-order valence-electron chi connectivity index (χ4n) is 1.23. The van der Waals surface area contributed by atoms with E-state index in [0.29, 0.717) is 10.5 Å². The van der Waals surface area contributed by atoms with Gasteiger partial charge in [-0.25, -0.2) is 0 Å². The lowest BCUT2D eigenvalue weighted by atomic mass is 10.1. The zero-order valence-corrected chi connectivity index (χ0v) is 8.99. The molecule has 5 heteroatoms. The second kappa shape index (κ2) is 4.21. The number of hydrogen-bond donors (Lipinski definition) is 1. The first kappa shape index (κ1) is 10.5. The molecule has 0 radical (unpaired) electrons. The van der Waals surface area contributed by atoms with Gasteiger partial charge in [-0.2, -0.15) is 10.3 Å². The highest BCUT2D eigenvalue weighted by atomic mass is 32.2. The molecule has 78 valence electrons. The molecular weight excluding hydrogens is 222 g/mol. The minimum absolute atomic E-state index is 0.249. The fraction of sp³-hybridized carbons (Fsp3) is 0. The molecule has 1 amide bonds. The third kappa shape index (κ3) is 2.12. The SMILES string of the molecule is N#Cc1ccc(/C=C2\SC(=O)N=C2N)cc1. The second-order valence-corrected chi connectivity index (χ2v) is 4.10. The summed E-state index contributed by atoms with van der Waals surface area (Å²) in [4.78, 5) is 15.2. The molecule has 0 atom stereocenters. The molecule has 0 spiro atoms. The maximum absolute atomic E-state index is 11.0.